The molecule has 1 fully saturated rings. The van der Waals surface area contributed by atoms with Crippen LogP contribution in [0.5, 0.6) is 5.75 Å². The van der Waals surface area contributed by atoms with E-state index >= 15 is 0 Å². The number of halogens is 1. The van der Waals surface area contributed by atoms with Crippen LogP contribution in [0.2, 0.25) is 5.02 Å². The molecular weight excluding hydrogens is 386 g/mol. The highest BCUT2D eigenvalue weighted by Crippen LogP contribution is 2.33. The van der Waals surface area contributed by atoms with Crippen LogP contribution in [-0.4, -0.2) is 37.0 Å². The number of carbonyl (C=O) groups is 1. The summed E-state index contributed by atoms with van der Waals surface area (Å²) in [6.07, 6.45) is 3.05. The molecule has 2 aliphatic rings. The first-order chi connectivity index (χ1) is 14.2. The average Bonchev–Trinajstić information content (AvgIpc) is 3.25. The summed E-state index contributed by atoms with van der Waals surface area (Å²) in [5.41, 5.74) is 9.93. The minimum absolute atomic E-state index is 0.116. The van der Waals surface area contributed by atoms with Crippen molar-refractivity contribution in [2.45, 2.75) is 19.4 Å². The summed E-state index contributed by atoms with van der Waals surface area (Å²) in [7, 11) is 0. The lowest BCUT2D eigenvalue weighted by Gasteiger charge is -2.30. The second-order valence-corrected chi connectivity index (χ2v) is 7.77. The van der Waals surface area contributed by atoms with Crippen molar-refractivity contribution in [1.29, 1.82) is 0 Å². The minimum Gasteiger partial charge on any atom is -0.492 e. The maximum absolute atomic E-state index is 13.2. The van der Waals surface area contributed by atoms with Gasteiger partial charge < -0.3 is 9.64 Å². The molecule has 1 amide bonds. The Morgan fingerprint density at radius 3 is 2.76 bits per heavy atom. The normalized spacial score (nSPS) is 21.7. The summed E-state index contributed by atoms with van der Waals surface area (Å²) in [5, 5.41) is 0.567. The number of hydrogen-bond acceptors (Lipinski definition) is 4. The van der Waals surface area contributed by atoms with Crippen molar-refractivity contribution in [3.63, 3.8) is 0 Å². The first kappa shape index (κ1) is 20.0. The van der Waals surface area contributed by atoms with Gasteiger partial charge in [-0.15, -0.1) is 0 Å². The quantitative estimate of drug-likeness (QED) is 0.785. The Balaban J connectivity index is 1.46. The van der Waals surface area contributed by atoms with Crippen LogP contribution >= 0.6 is 11.6 Å². The van der Waals surface area contributed by atoms with Crippen LogP contribution in [0, 0.1) is 5.92 Å². The topological polar surface area (TPSA) is 53.6 Å². The summed E-state index contributed by atoms with van der Waals surface area (Å²) < 4.78 is 5.52. The Hall–Kier alpha value is -2.34. The lowest BCUT2D eigenvalue weighted by atomic mass is 9.92. The molecule has 4 rings (SSSR count). The van der Waals surface area contributed by atoms with Crippen LogP contribution in [0.3, 0.4) is 0 Å². The van der Waals surface area contributed by atoms with Crippen LogP contribution < -0.4 is 15.6 Å². The zero-order valence-electron chi connectivity index (χ0n) is 16.5. The summed E-state index contributed by atoms with van der Waals surface area (Å²) in [6, 6.07) is 16.0. The standard InChI is InChI=1S/C23H26ClN3O2/c1-2-29-21-9-8-18(14-20(21)24)22-19(15-25-26-22)23(28)27-12-10-17(11-13-27)16-6-4-3-5-7-16/h3-10,14,19,22,25-26H,2,11-13,15H2,1H3. The largest absolute Gasteiger partial charge is 0.492 e. The fraction of sp³-hybridized carbons (Fsp3) is 0.348. The number of amides is 1. The molecule has 2 aromatic rings. The second kappa shape index (κ2) is 8.99. The van der Waals surface area contributed by atoms with Crippen LogP contribution in [0.4, 0.5) is 0 Å². The van der Waals surface area contributed by atoms with Crippen LogP contribution in [0.15, 0.2) is 54.6 Å². The summed E-state index contributed by atoms with van der Waals surface area (Å²) in [6.45, 7) is 4.48. The number of carbonyl (C=O) groups excluding carboxylic acids is 1. The molecule has 2 atom stereocenters. The third kappa shape index (κ3) is 4.32. The van der Waals surface area contributed by atoms with Gasteiger partial charge in [-0.25, -0.2) is 5.43 Å². The number of hydrazine groups is 1. The number of rotatable bonds is 5. The highest BCUT2D eigenvalue weighted by molar-refractivity contribution is 6.32. The molecule has 29 heavy (non-hydrogen) atoms. The third-order valence-electron chi connectivity index (χ3n) is 5.58. The highest BCUT2D eigenvalue weighted by atomic mass is 35.5. The van der Waals surface area contributed by atoms with Crippen molar-refractivity contribution in [2.24, 2.45) is 5.92 Å². The Kier molecular flexibility index (Phi) is 6.19. The molecule has 0 saturated carbocycles. The number of ether oxygens (including phenoxy) is 1. The van der Waals surface area contributed by atoms with Crippen molar-refractivity contribution in [2.75, 3.05) is 26.2 Å². The molecule has 2 heterocycles. The van der Waals surface area contributed by atoms with E-state index in [1.807, 2.05) is 36.1 Å². The molecule has 0 spiro atoms. The minimum atomic E-state index is -0.171. The molecule has 1 saturated heterocycles. The van der Waals surface area contributed by atoms with E-state index in [1.54, 1.807) is 0 Å². The van der Waals surface area contributed by atoms with Gasteiger partial charge in [0, 0.05) is 19.6 Å². The van der Waals surface area contributed by atoms with Gasteiger partial charge in [-0.2, -0.15) is 0 Å². The molecule has 0 aliphatic carbocycles. The van der Waals surface area contributed by atoms with Gasteiger partial charge in [0.1, 0.15) is 5.75 Å². The molecule has 0 bridgehead atoms. The molecule has 0 aromatic heterocycles. The van der Waals surface area contributed by atoms with Gasteiger partial charge >= 0.3 is 0 Å². The van der Waals surface area contributed by atoms with Gasteiger partial charge in [-0.3, -0.25) is 10.2 Å². The predicted octanol–water partition coefficient (Wildman–Crippen LogP) is 3.82. The molecular formula is C23H26ClN3O2. The van der Waals surface area contributed by atoms with E-state index in [0.717, 1.165) is 18.5 Å². The van der Waals surface area contributed by atoms with Crippen molar-refractivity contribution in [1.82, 2.24) is 15.8 Å². The zero-order valence-corrected chi connectivity index (χ0v) is 17.3. The van der Waals surface area contributed by atoms with Crippen LogP contribution in [-0.2, 0) is 4.79 Å². The predicted molar refractivity (Wildman–Crippen MR) is 116 cm³/mol. The molecule has 152 valence electrons. The van der Waals surface area contributed by atoms with Crippen molar-refractivity contribution in [3.8, 4) is 5.75 Å². The Bertz CT molecular complexity index is 900. The summed E-state index contributed by atoms with van der Waals surface area (Å²) >= 11 is 6.36. The lowest BCUT2D eigenvalue weighted by Crippen LogP contribution is -2.41. The maximum Gasteiger partial charge on any atom is 0.229 e. The van der Waals surface area contributed by atoms with Gasteiger partial charge in [0.25, 0.3) is 0 Å². The summed E-state index contributed by atoms with van der Waals surface area (Å²) in [4.78, 5) is 15.2. The lowest BCUT2D eigenvalue weighted by molar-refractivity contribution is -0.135. The van der Waals surface area contributed by atoms with Crippen molar-refractivity contribution >= 4 is 23.1 Å². The fourth-order valence-corrected chi connectivity index (χ4v) is 4.29. The van der Waals surface area contributed by atoms with E-state index in [2.05, 4.69) is 41.2 Å². The van der Waals surface area contributed by atoms with Crippen LogP contribution in [0.25, 0.3) is 5.57 Å². The third-order valence-corrected chi connectivity index (χ3v) is 5.87. The Morgan fingerprint density at radius 2 is 2.07 bits per heavy atom. The van der Waals surface area contributed by atoms with Crippen molar-refractivity contribution < 1.29 is 9.53 Å². The molecule has 0 radical (unpaired) electrons. The summed E-state index contributed by atoms with van der Waals surface area (Å²) in [5.74, 6) is 0.665. The van der Waals surface area contributed by atoms with Crippen molar-refractivity contribution in [3.05, 3.63) is 70.8 Å². The molecule has 2 aliphatic heterocycles. The van der Waals surface area contributed by atoms with Gasteiger partial charge in [0.15, 0.2) is 0 Å². The second-order valence-electron chi connectivity index (χ2n) is 7.36. The van der Waals surface area contributed by atoms with E-state index in [0.29, 0.717) is 30.5 Å². The highest BCUT2D eigenvalue weighted by Gasteiger charge is 2.37. The van der Waals surface area contributed by atoms with E-state index in [1.165, 1.54) is 11.1 Å². The zero-order chi connectivity index (χ0) is 20.2. The number of hydrogen-bond donors (Lipinski definition) is 2. The molecule has 2 N–H and O–H groups in total. The average molecular weight is 412 g/mol. The van der Waals surface area contributed by atoms with Gasteiger partial charge in [0.2, 0.25) is 5.91 Å². The first-order valence-corrected chi connectivity index (χ1v) is 10.5. The first-order valence-electron chi connectivity index (χ1n) is 10.1. The van der Waals surface area contributed by atoms with E-state index in [-0.39, 0.29) is 17.9 Å². The Labute approximate surface area is 176 Å². The number of nitrogens with one attached hydrogen (secondary N) is 2. The van der Waals surface area contributed by atoms with E-state index in [9.17, 15) is 4.79 Å². The fourth-order valence-electron chi connectivity index (χ4n) is 4.04. The Morgan fingerprint density at radius 1 is 1.24 bits per heavy atom. The van der Waals surface area contributed by atoms with E-state index in [4.69, 9.17) is 16.3 Å². The monoisotopic (exact) mass is 411 g/mol. The van der Waals surface area contributed by atoms with Gasteiger partial charge in [-0.05, 0) is 42.2 Å². The van der Waals surface area contributed by atoms with Gasteiger partial charge in [-0.1, -0.05) is 54.1 Å². The van der Waals surface area contributed by atoms with Gasteiger partial charge in [0.05, 0.1) is 23.6 Å². The smallest absolute Gasteiger partial charge is 0.229 e. The maximum atomic E-state index is 13.2. The molecule has 2 aromatic carbocycles. The molecule has 5 nitrogen and oxygen atoms in total. The molecule has 2 unspecified atom stereocenters. The van der Waals surface area contributed by atoms with Crippen LogP contribution in [0.1, 0.15) is 30.5 Å². The number of nitrogens with zero attached hydrogens (tertiary/aromatic N) is 1. The number of benzene rings is 2. The molecule has 6 heteroatoms. The SMILES string of the molecule is CCOc1ccc(C2NNCC2C(=O)N2CC=C(c3ccccc3)CC2)cc1Cl. The van der Waals surface area contributed by atoms with E-state index < -0.39 is 0 Å².